The molecule has 0 aliphatic heterocycles. The largest absolute Gasteiger partial charge is 0.493 e. The third-order valence-corrected chi connectivity index (χ3v) is 2.48. The first-order valence-electron chi connectivity index (χ1n) is 5.38. The molecule has 1 aromatic carbocycles. The molecule has 0 bridgehead atoms. The summed E-state index contributed by atoms with van der Waals surface area (Å²) in [6, 6.07) is 3.98. The molecular weight excluding hydrogens is 202 g/mol. The maximum atomic E-state index is 5.47. The Balaban J connectivity index is 3.30. The molecule has 3 heteroatoms. The fraction of sp³-hybridized carbons (Fsp3) is 0.385. The summed E-state index contributed by atoms with van der Waals surface area (Å²) in [6.07, 6.45) is 4.85. The van der Waals surface area contributed by atoms with E-state index in [1.54, 1.807) is 14.2 Å². The molecule has 3 nitrogen and oxygen atoms in total. The summed E-state index contributed by atoms with van der Waals surface area (Å²) in [5.74, 6) is 1.52. The Morgan fingerprint density at radius 3 is 2.50 bits per heavy atom. The molecule has 0 unspecified atom stereocenters. The number of rotatable bonds is 5. The van der Waals surface area contributed by atoms with E-state index in [4.69, 9.17) is 15.2 Å². The Hall–Kier alpha value is -1.48. The highest BCUT2D eigenvalue weighted by Gasteiger charge is 2.11. The fourth-order valence-electron chi connectivity index (χ4n) is 1.67. The van der Waals surface area contributed by atoms with Crippen molar-refractivity contribution < 1.29 is 9.47 Å². The Morgan fingerprint density at radius 1 is 1.25 bits per heavy atom. The summed E-state index contributed by atoms with van der Waals surface area (Å²) in [5, 5.41) is 0. The second-order valence-electron chi connectivity index (χ2n) is 3.37. The van der Waals surface area contributed by atoms with Crippen molar-refractivity contribution in [1.82, 2.24) is 0 Å². The van der Waals surface area contributed by atoms with Gasteiger partial charge in [-0.2, -0.15) is 0 Å². The quantitative estimate of drug-likeness (QED) is 0.829. The predicted molar refractivity (Wildman–Crippen MR) is 67.0 cm³/mol. The van der Waals surface area contributed by atoms with Crippen molar-refractivity contribution in [2.45, 2.75) is 13.3 Å². The summed E-state index contributed by atoms with van der Waals surface area (Å²) in [6.45, 7) is 2.63. The summed E-state index contributed by atoms with van der Waals surface area (Å²) >= 11 is 0. The first-order valence-corrected chi connectivity index (χ1v) is 5.38. The van der Waals surface area contributed by atoms with Gasteiger partial charge in [0, 0.05) is 12.1 Å². The number of hydrogen-bond acceptors (Lipinski definition) is 3. The van der Waals surface area contributed by atoms with Gasteiger partial charge in [-0.15, -0.1) is 0 Å². The molecule has 0 aliphatic rings. The summed E-state index contributed by atoms with van der Waals surface area (Å²) in [5.41, 5.74) is 7.75. The first kappa shape index (κ1) is 12.6. The van der Waals surface area contributed by atoms with Crippen LogP contribution in [0.15, 0.2) is 18.2 Å². The van der Waals surface area contributed by atoms with Gasteiger partial charge in [0.15, 0.2) is 11.5 Å². The molecule has 2 N–H and O–H groups in total. The molecule has 0 aromatic heterocycles. The molecule has 1 aromatic rings. The molecule has 0 spiro atoms. The molecule has 0 saturated heterocycles. The van der Waals surface area contributed by atoms with Crippen LogP contribution in [0.5, 0.6) is 11.5 Å². The van der Waals surface area contributed by atoms with E-state index in [-0.39, 0.29) is 0 Å². The van der Waals surface area contributed by atoms with Gasteiger partial charge in [-0.25, -0.2) is 0 Å². The summed E-state index contributed by atoms with van der Waals surface area (Å²) in [4.78, 5) is 0. The predicted octanol–water partition coefficient (Wildman–Crippen LogP) is 2.24. The lowest BCUT2D eigenvalue weighted by Crippen LogP contribution is -1.98. The van der Waals surface area contributed by atoms with Gasteiger partial charge in [0.2, 0.25) is 0 Å². The van der Waals surface area contributed by atoms with E-state index in [0.29, 0.717) is 6.54 Å². The molecule has 0 saturated carbocycles. The van der Waals surface area contributed by atoms with Crippen LogP contribution in [0.3, 0.4) is 0 Å². The van der Waals surface area contributed by atoms with Crippen LogP contribution in [0.4, 0.5) is 0 Å². The van der Waals surface area contributed by atoms with Crippen molar-refractivity contribution in [2.75, 3.05) is 20.8 Å². The lowest BCUT2D eigenvalue weighted by Gasteiger charge is -2.13. The third-order valence-electron chi connectivity index (χ3n) is 2.48. The molecule has 0 radical (unpaired) electrons. The molecule has 0 amide bonds. The molecule has 0 atom stereocenters. The van der Waals surface area contributed by atoms with E-state index in [2.05, 4.69) is 13.0 Å². The monoisotopic (exact) mass is 221 g/mol. The number of nitrogens with two attached hydrogens (primary N) is 1. The number of methoxy groups -OCH3 is 2. The van der Waals surface area contributed by atoms with Crippen LogP contribution in [0.2, 0.25) is 0 Å². The van der Waals surface area contributed by atoms with Gasteiger partial charge in [-0.05, 0) is 18.1 Å². The smallest absolute Gasteiger partial charge is 0.168 e. The maximum absolute atomic E-state index is 5.47. The second kappa shape index (κ2) is 6.18. The summed E-state index contributed by atoms with van der Waals surface area (Å²) in [7, 11) is 3.29. The Labute approximate surface area is 96.9 Å². The number of ether oxygens (including phenoxy) is 2. The van der Waals surface area contributed by atoms with Gasteiger partial charge in [-0.3, -0.25) is 0 Å². The lowest BCUT2D eigenvalue weighted by atomic mass is 10.0. The minimum Gasteiger partial charge on any atom is -0.493 e. The maximum Gasteiger partial charge on any atom is 0.168 e. The third kappa shape index (κ3) is 2.55. The molecular formula is C13H19NO2. The Kier molecular flexibility index (Phi) is 4.86. The molecule has 0 aliphatic carbocycles. The fourth-order valence-corrected chi connectivity index (χ4v) is 1.67. The first-order chi connectivity index (χ1) is 7.78. The van der Waals surface area contributed by atoms with Crippen LogP contribution in [0.1, 0.15) is 18.1 Å². The minimum atomic E-state index is 0.517. The van der Waals surface area contributed by atoms with Gasteiger partial charge in [0.05, 0.1) is 14.2 Å². The SMILES string of the molecule is CCc1ccc(OC)c(OC)c1/C=C/CN. The van der Waals surface area contributed by atoms with Crippen LogP contribution in [-0.2, 0) is 6.42 Å². The minimum absolute atomic E-state index is 0.517. The van der Waals surface area contributed by atoms with E-state index in [1.165, 1.54) is 5.56 Å². The normalized spacial score (nSPS) is 10.8. The number of benzene rings is 1. The second-order valence-corrected chi connectivity index (χ2v) is 3.37. The van der Waals surface area contributed by atoms with E-state index in [0.717, 1.165) is 23.5 Å². The Morgan fingerprint density at radius 2 is 2.00 bits per heavy atom. The van der Waals surface area contributed by atoms with Crippen molar-refractivity contribution in [3.63, 3.8) is 0 Å². The lowest BCUT2D eigenvalue weighted by molar-refractivity contribution is 0.354. The molecule has 88 valence electrons. The van der Waals surface area contributed by atoms with Crippen molar-refractivity contribution >= 4 is 6.08 Å². The van der Waals surface area contributed by atoms with E-state index < -0.39 is 0 Å². The summed E-state index contributed by atoms with van der Waals surface area (Å²) < 4.78 is 10.7. The zero-order chi connectivity index (χ0) is 12.0. The van der Waals surface area contributed by atoms with Crippen LogP contribution in [-0.4, -0.2) is 20.8 Å². The molecule has 0 heterocycles. The van der Waals surface area contributed by atoms with Crippen molar-refractivity contribution in [3.05, 3.63) is 29.3 Å². The molecule has 1 rings (SSSR count). The highest BCUT2D eigenvalue weighted by molar-refractivity contribution is 5.66. The van der Waals surface area contributed by atoms with Crippen molar-refractivity contribution in [2.24, 2.45) is 5.73 Å². The standard InChI is InChI=1S/C13H19NO2/c1-4-10-7-8-12(15-2)13(16-3)11(10)6-5-9-14/h5-8H,4,9,14H2,1-3H3/b6-5+. The number of hydrogen-bond donors (Lipinski definition) is 1. The van der Waals surface area contributed by atoms with Crippen LogP contribution < -0.4 is 15.2 Å². The topological polar surface area (TPSA) is 44.5 Å². The highest BCUT2D eigenvalue weighted by Crippen LogP contribution is 2.34. The van der Waals surface area contributed by atoms with Gasteiger partial charge in [-0.1, -0.05) is 25.1 Å². The average molecular weight is 221 g/mol. The average Bonchev–Trinajstić information content (AvgIpc) is 2.34. The van der Waals surface area contributed by atoms with E-state index in [1.807, 2.05) is 18.2 Å². The van der Waals surface area contributed by atoms with Crippen LogP contribution in [0.25, 0.3) is 6.08 Å². The van der Waals surface area contributed by atoms with Crippen molar-refractivity contribution in [1.29, 1.82) is 0 Å². The van der Waals surface area contributed by atoms with E-state index in [9.17, 15) is 0 Å². The van der Waals surface area contributed by atoms with Gasteiger partial charge >= 0.3 is 0 Å². The van der Waals surface area contributed by atoms with Crippen LogP contribution >= 0.6 is 0 Å². The molecule has 16 heavy (non-hydrogen) atoms. The zero-order valence-corrected chi connectivity index (χ0v) is 10.1. The van der Waals surface area contributed by atoms with Gasteiger partial charge in [0.25, 0.3) is 0 Å². The van der Waals surface area contributed by atoms with Crippen LogP contribution in [0, 0.1) is 0 Å². The Bertz CT molecular complexity index is 372. The zero-order valence-electron chi connectivity index (χ0n) is 10.1. The highest BCUT2D eigenvalue weighted by atomic mass is 16.5. The van der Waals surface area contributed by atoms with Gasteiger partial charge in [0.1, 0.15) is 0 Å². The van der Waals surface area contributed by atoms with Gasteiger partial charge < -0.3 is 15.2 Å². The van der Waals surface area contributed by atoms with E-state index >= 15 is 0 Å². The number of aryl methyl sites for hydroxylation is 1. The molecule has 0 fully saturated rings. The van der Waals surface area contributed by atoms with Crippen molar-refractivity contribution in [3.8, 4) is 11.5 Å².